The first-order chi connectivity index (χ1) is 15.0. The molecule has 0 spiro atoms. The quantitative estimate of drug-likeness (QED) is 0.685. The molecule has 0 aliphatic carbocycles. The Morgan fingerprint density at radius 2 is 1.84 bits per heavy atom. The summed E-state index contributed by atoms with van der Waals surface area (Å²) in [5, 5.41) is 2.79. The van der Waals surface area contributed by atoms with Gasteiger partial charge in [-0.05, 0) is 44.0 Å². The highest BCUT2D eigenvalue weighted by atomic mass is 32.2. The van der Waals surface area contributed by atoms with E-state index in [1.165, 1.54) is 24.0 Å². The number of hydrogen-bond acceptors (Lipinski definition) is 4. The lowest BCUT2D eigenvalue weighted by Gasteiger charge is -2.46. The van der Waals surface area contributed by atoms with Gasteiger partial charge in [-0.1, -0.05) is 42.0 Å². The van der Waals surface area contributed by atoms with Gasteiger partial charge in [0.1, 0.15) is 11.4 Å². The van der Waals surface area contributed by atoms with Crippen LogP contribution in [0.5, 0.6) is 0 Å². The molecule has 9 heteroatoms. The molecule has 1 fully saturated rings. The summed E-state index contributed by atoms with van der Waals surface area (Å²) in [6.45, 7) is 4.89. The number of halogens is 1. The molecule has 0 aromatic heterocycles. The van der Waals surface area contributed by atoms with Gasteiger partial charge in [-0.15, -0.1) is 0 Å². The van der Waals surface area contributed by atoms with Crippen LogP contribution in [0.25, 0.3) is 0 Å². The van der Waals surface area contributed by atoms with E-state index in [4.69, 9.17) is 0 Å². The van der Waals surface area contributed by atoms with Crippen molar-refractivity contribution in [3.05, 3.63) is 71.0 Å². The molecule has 1 N–H and O–H groups in total. The van der Waals surface area contributed by atoms with Crippen molar-refractivity contribution in [2.75, 3.05) is 18.8 Å². The number of nitrogens with zero attached hydrogens (tertiary/aromatic N) is 2. The van der Waals surface area contributed by atoms with E-state index in [2.05, 4.69) is 5.32 Å². The molecule has 3 rings (SSSR count). The van der Waals surface area contributed by atoms with Gasteiger partial charge < -0.3 is 10.2 Å². The predicted molar refractivity (Wildman–Crippen MR) is 119 cm³/mol. The summed E-state index contributed by atoms with van der Waals surface area (Å²) in [5.74, 6) is -1.45. The smallest absolute Gasteiger partial charge is 0.247 e. The Kier molecular flexibility index (Phi) is 7.00. The van der Waals surface area contributed by atoms with E-state index in [0.717, 1.165) is 15.4 Å². The highest BCUT2D eigenvalue weighted by molar-refractivity contribution is 7.89. The van der Waals surface area contributed by atoms with Crippen LogP contribution in [0.15, 0.2) is 48.5 Å². The molecule has 1 saturated heterocycles. The number of aryl methyl sites for hydroxylation is 1. The minimum Gasteiger partial charge on any atom is -0.350 e. The highest BCUT2D eigenvalue weighted by Gasteiger charge is 2.49. The lowest BCUT2D eigenvalue weighted by Crippen LogP contribution is -2.69. The van der Waals surface area contributed by atoms with Crippen molar-refractivity contribution in [1.29, 1.82) is 0 Å². The van der Waals surface area contributed by atoms with Gasteiger partial charge in [0.25, 0.3) is 0 Å². The minimum absolute atomic E-state index is 0.127. The van der Waals surface area contributed by atoms with E-state index in [1.54, 1.807) is 19.1 Å². The summed E-state index contributed by atoms with van der Waals surface area (Å²) in [4.78, 5) is 27.9. The number of benzene rings is 2. The monoisotopic (exact) mass is 461 g/mol. The van der Waals surface area contributed by atoms with Crippen LogP contribution in [0, 0.1) is 12.7 Å². The van der Waals surface area contributed by atoms with Crippen LogP contribution in [0.3, 0.4) is 0 Å². The van der Waals surface area contributed by atoms with Crippen molar-refractivity contribution in [3.63, 3.8) is 0 Å². The molecule has 32 heavy (non-hydrogen) atoms. The zero-order chi connectivity index (χ0) is 23.5. The molecule has 172 valence electrons. The molecule has 0 bridgehead atoms. The SMILES string of the molecule is CCS(=O)(=O)N1CC(=O)N(Cc2cccc(C)c2)[C@@](C)(C(=O)NCc2ccc(F)cc2)C1. The van der Waals surface area contributed by atoms with Gasteiger partial charge in [-0.2, -0.15) is 4.31 Å². The Hall–Kier alpha value is -2.78. The predicted octanol–water partition coefficient (Wildman–Crippen LogP) is 2.20. The fourth-order valence-electron chi connectivity index (χ4n) is 3.80. The number of nitrogens with one attached hydrogen (secondary N) is 1. The summed E-state index contributed by atoms with van der Waals surface area (Å²) in [6.07, 6.45) is 0. The van der Waals surface area contributed by atoms with Crippen LogP contribution in [0.4, 0.5) is 4.39 Å². The van der Waals surface area contributed by atoms with Gasteiger partial charge in [0, 0.05) is 19.6 Å². The fourth-order valence-corrected chi connectivity index (χ4v) is 4.92. The summed E-state index contributed by atoms with van der Waals surface area (Å²) in [6, 6.07) is 13.3. The van der Waals surface area contributed by atoms with E-state index >= 15 is 0 Å². The number of carbonyl (C=O) groups is 2. The normalized spacial score (nSPS) is 19.8. The minimum atomic E-state index is -3.67. The number of piperazine rings is 1. The number of amides is 2. The van der Waals surface area contributed by atoms with Crippen LogP contribution in [-0.2, 0) is 32.7 Å². The van der Waals surface area contributed by atoms with E-state index in [0.29, 0.717) is 5.56 Å². The maximum atomic E-state index is 13.3. The molecule has 7 nitrogen and oxygen atoms in total. The first-order valence-electron chi connectivity index (χ1n) is 10.4. The standard InChI is InChI=1S/C23H28FN3O4S/c1-4-32(30,31)26-15-21(28)27(14-19-7-5-6-17(2)12-19)23(3,16-26)22(29)25-13-18-8-10-20(24)11-9-18/h5-12H,4,13-16H2,1-3H3,(H,25,29)/t23-/m1/s1. The fraction of sp³-hybridized carbons (Fsp3) is 0.391. The van der Waals surface area contributed by atoms with Gasteiger partial charge in [0.2, 0.25) is 21.8 Å². The molecule has 1 aliphatic heterocycles. The molecule has 1 aliphatic rings. The Morgan fingerprint density at radius 1 is 1.16 bits per heavy atom. The number of sulfonamides is 1. The van der Waals surface area contributed by atoms with E-state index in [1.807, 2.05) is 31.2 Å². The summed E-state index contributed by atoms with van der Waals surface area (Å²) < 4.78 is 39.3. The van der Waals surface area contributed by atoms with Crippen LogP contribution < -0.4 is 5.32 Å². The number of hydrogen-bond donors (Lipinski definition) is 1. The third-order valence-electron chi connectivity index (χ3n) is 5.73. The molecular formula is C23H28FN3O4S. The number of carbonyl (C=O) groups excluding carboxylic acids is 2. The van der Waals surface area contributed by atoms with Crippen molar-refractivity contribution in [2.45, 2.75) is 39.4 Å². The first kappa shape index (κ1) is 23.9. The average molecular weight is 462 g/mol. The maximum Gasteiger partial charge on any atom is 0.247 e. The number of rotatable bonds is 7. The van der Waals surface area contributed by atoms with Crippen molar-refractivity contribution in [2.24, 2.45) is 0 Å². The van der Waals surface area contributed by atoms with Gasteiger partial charge in [-0.25, -0.2) is 12.8 Å². The zero-order valence-electron chi connectivity index (χ0n) is 18.5. The molecule has 0 saturated carbocycles. The van der Waals surface area contributed by atoms with Gasteiger partial charge >= 0.3 is 0 Å². The topological polar surface area (TPSA) is 86.8 Å². The molecular weight excluding hydrogens is 433 g/mol. The molecule has 0 unspecified atom stereocenters. The van der Waals surface area contributed by atoms with E-state index in [9.17, 15) is 22.4 Å². The third kappa shape index (κ3) is 5.16. The second-order valence-corrected chi connectivity index (χ2v) is 10.5. The average Bonchev–Trinajstić information content (AvgIpc) is 2.75. The van der Waals surface area contributed by atoms with Crippen LogP contribution >= 0.6 is 0 Å². The molecule has 2 aromatic carbocycles. The lowest BCUT2D eigenvalue weighted by atomic mass is 9.94. The van der Waals surface area contributed by atoms with Gasteiger partial charge in [0.05, 0.1) is 12.3 Å². The van der Waals surface area contributed by atoms with E-state index < -0.39 is 27.4 Å². The van der Waals surface area contributed by atoms with Crippen LogP contribution in [0.1, 0.15) is 30.5 Å². The van der Waals surface area contributed by atoms with Crippen LogP contribution in [-0.4, -0.2) is 53.8 Å². The Balaban J connectivity index is 1.89. The second kappa shape index (κ2) is 9.38. The summed E-state index contributed by atoms with van der Waals surface area (Å²) in [7, 11) is -3.67. The Labute approximate surface area is 188 Å². The second-order valence-electron chi connectivity index (χ2n) is 8.22. The first-order valence-corrected chi connectivity index (χ1v) is 12.0. The van der Waals surface area contributed by atoms with Crippen molar-refractivity contribution in [1.82, 2.24) is 14.5 Å². The molecule has 1 atom stereocenters. The zero-order valence-corrected chi connectivity index (χ0v) is 19.3. The van der Waals surface area contributed by atoms with Gasteiger partial charge in [0.15, 0.2) is 0 Å². The molecule has 2 aromatic rings. The Morgan fingerprint density at radius 3 is 2.47 bits per heavy atom. The Bertz CT molecular complexity index is 1100. The third-order valence-corrected chi connectivity index (χ3v) is 7.50. The maximum absolute atomic E-state index is 13.3. The summed E-state index contributed by atoms with van der Waals surface area (Å²) in [5.41, 5.74) is 1.14. The van der Waals surface area contributed by atoms with E-state index in [-0.39, 0.29) is 37.7 Å². The van der Waals surface area contributed by atoms with Crippen molar-refractivity contribution < 1.29 is 22.4 Å². The van der Waals surface area contributed by atoms with Crippen LogP contribution in [0.2, 0.25) is 0 Å². The molecule has 1 heterocycles. The van der Waals surface area contributed by atoms with Crippen molar-refractivity contribution >= 4 is 21.8 Å². The lowest BCUT2D eigenvalue weighted by molar-refractivity contribution is -0.153. The van der Waals surface area contributed by atoms with Crippen molar-refractivity contribution in [3.8, 4) is 0 Å². The highest BCUT2D eigenvalue weighted by Crippen LogP contribution is 2.27. The molecule has 0 radical (unpaired) electrons. The summed E-state index contributed by atoms with van der Waals surface area (Å²) >= 11 is 0. The molecule has 2 amide bonds. The van der Waals surface area contributed by atoms with Gasteiger partial charge in [-0.3, -0.25) is 9.59 Å². The largest absolute Gasteiger partial charge is 0.350 e.